The van der Waals surface area contributed by atoms with E-state index in [1.807, 2.05) is 6.07 Å². The van der Waals surface area contributed by atoms with Crippen molar-refractivity contribution in [3.8, 4) is 11.1 Å². The van der Waals surface area contributed by atoms with Gasteiger partial charge in [-0.3, -0.25) is 5.41 Å². The summed E-state index contributed by atoms with van der Waals surface area (Å²) in [6, 6.07) is 22.4. The Morgan fingerprint density at radius 2 is 1.72 bits per heavy atom. The van der Waals surface area contributed by atoms with Crippen LogP contribution in [0.4, 0.5) is 10.1 Å². The fourth-order valence-electron chi connectivity index (χ4n) is 3.45. The zero-order chi connectivity index (χ0) is 20.8. The molecule has 0 amide bonds. The van der Waals surface area contributed by atoms with Crippen LogP contribution in [0.5, 0.6) is 0 Å². The van der Waals surface area contributed by atoms with E-state index < -0.39 is 5.97 Å². The van der Waals surface area contributed by atoms with E-state index in [4.69, 9.17) is 16.9 Å². The van der Waals surface area contributed by atoms with Crippen LogP contribution >= 0.6 is 0 Å². The van der Waals surface area contributed by atoms with E-state index in [0.717, 1.165) is 30.2 Å². The number of nitrogen functional groups attached to an aromatic ring is 1. The number of hydrogen-bond donors (Lipinski definition) is 3. The lowest BCUT2D eigenvalue weighted by Gasteiger charge is -2.11. The maximum Gasteiger partial charge on any atom is 0.214 e. The molecule has 0 bridgehead atoms. The average molecular weight is 388 g/mol. The molecule has 0 radical (unpaired) electrons. The third-order valence-corrected chi connectivity index (χ3v) is 5.01. The molecule has 5 N–H and O–H groups in total. The number of anilines is 1. The topological polar surface area (TPSA) is 75.9 Å². The van der Waals surface area contributed by atoms with Crippen LogP contribution in [0.2, 0.25) is 0 Å². The van der Waals surface area contributed by atoms with Crippen molar-refractivity contribution in [1.82, 2.24) is 0 Å². The van der Waals surface area contributed by atoms with Gasteiger partial charge in [0.25, 0.3) is 0 Å². The highest BCUT2D eigenvalue weighted by Crippen LogP contribution is 2.26. The Morgan fingerprint density at radius 1 is 0.966 bits per heavy atom. The summed E-state index contributed by atoms with van der Waals surface area (Å²) in [4.78, 5) is 0. The normalized spacial score (nSPS) is 11.4. The molecule has 4 heteroatoms. The minimum Gasteiger partial charge on any atom is -0.404 e. The Morgan fingerprint density at radius 3 is 2.34 bits per heavy atom. The second-order valence-corrected chi connectivity index (χ2v) is 7.13. The predicted octanol–water partition coefficient (Wildman–Crippen LogP) is 5.73. The number of nitrogens with one attached hydrogen (secondary N) is 1. The SMILES string of the molecule is CCCc1ccc(-c2cccc(Cc3ccc(/C(=C/N)C(=N)F)cc3N)c2)cc1. The molecule has 148 valence electrons. The molecule has 0 spiro atoms. The first-order valence-electron chi connectivity index (χ1n) is 9.75. The average Bonchev–Trinajstić information content (AvgIpc) is 2.71. The lowest BCUT2D eigenvalue weighted by molar-refractivity contribution is 0.807. The zero-order valence-corrected chi connectivity index (χ0v) is 16.6. The van der Waals surface area contributed by atoms with Gasteiger partial charge in [-0.1, -0.05) is 74.0 Å². The Balaban J connectivity index is 1.82. The van der Waals surface area contributed by atoms with Crippen LogP contribution in [0.1, 0.15) is 35.6 Å². The summed E-state index contributed by atoms with van der Waals surface area (Å²) >= 11 is 0. The van der Waals surface area contributed by atoms with E-state index in [2.05, 4.69) is 55.5 Å². The minimum atomic E-state index is -1.07. The van der Waals surface area contributed by atoms with E-state index in [-0.39, 0.29) is 5.57 Å². The highest BCUT2D eigenvalue weighted by Gasteiger charge is 2.10. The molecule has 29 heavy (non-hydrogen) atoms. The van der Waals surface area contributed by atoms with Gasteiger partial charge in [0.2, 0.25) is 5.97 Å². The third-order valence-electron chi connectivity index (χ3n) is 5.01. The molecule has 0 fully saturated rings. The number of hydrogen-bond acceptors (Lipinski definition) is 3. The van der Waals surface area contributed by atoms with Crippen LogP contribution in [0.15, 0.2) is 72.9 Å². The summed E-state index contributed by atoms with van der Waals surface area (Å²) in [6.07, 6.45) is 4.00. The monoisotopic (exact) mass is 387 g/mol. The second-order valence-electron chi connectivity index (χ2n) is 7.13. The molecule has 0 saturated carbocycles. The Labute approximate surface area is 171 Å². The number of nitrogens with two attached hydrogens (primary N) is 2. The maximum atomic E-state index is 13.3. The molecule has 0 unspecified atom stereocenters. The third kappa shape index (κ3) is 4.91. The van der Waals surface area contributed by atoms with Crippen LogP contribution in [-0.2, 0) is 12.8 Å². The number of allylic oxidation sites excluding steroid dienone is 1. The van der Waals surface area contributed by atoms with Crippen molar-refractivity contribution in [1.29, 1.82) is 5.41 Å². The van der Waals surface area contributed by atoms with Gasteiger partial charge in [-0.2, -0.15) is 4.39 Å². The van der Waals surface area contributed by atoms with Crippen molar-refractivity contribution in [3.05, 3.63) is 95.2 Å². The van der Waals surface area contributed by atoms with Crippen molar-refractivity contribution >= 4 is 17.2 Å². The largest absolute Gasteiger partial charge is 0.404 e. The van der Waals surface area contributed by atoms with E-state index in [1.165, 1.54) is 16.7 Å². The Hall–Kier alpha value is -3.40. The van der Waals surface area contributed by atoms with Gasteiger partial charge in [-0.05, 0) is 52.3 Å². The number of halogens is 1. The summed E-state index contributed by atoms with van der Waals surface area (Å²) in [5.74, 6) is -1.07. The number of benzene rings is 3. The molecule has 3 rings (SSSR count). The van der Waals surface area contributed by atoms with E-state index in [1.54, 1.807) is 12.1 Å². The molecule has 0 atom stereocenters. The number of aryl methyl sites for hydroxylation is 1. The van der Waals surface area contributed by atoms with E-state index >= 15 is 0 Å². The van der Waals surface area contributed by atoms with Crippen molar-refractivity contribution in [2.24, 2.45) is 5.73 Å². The molecule has 0 aliphatic heterocycles. The highest BCUT2D eigenvalue weighted by atomic mass is 19.1. The van der Waals surface area contributed by atoms with Gasteiger partial charge in [0, 0.05) is 11.9 Å². The summed E-state index contributed by atoms with van der Waals surface area (Å²) in [5, 5.41) is 7.18. The van der Waals surface area contributed by atoms with Crippen LogP contribution in [0.25, 0.3) is 16.7 Å². The zero-order valence-electron chi connectivity index (χ0n) is 16.6. The molecule has 3 aromatic rings. The Kier molecular flexibility index (Phi) is 6.45. The predicted molar refractivity (Wildman–Crippen MR) is 121 cm³/mol. The molecule has 0 aromatic heterocycles. The standard InChI is InChI=1S/C25H26FN3/c1-2-4-17-7-9-19(10-8-17)20-6-3-5-18(13-20)14-22-12-11-21(15-24(22)28)23(16-27)25(26)29/h3,5-13,15-16,29H,2,4,14,27-28H2,1H3/b23-16-,29-25?. The van der Waals surface area contributed by atoms with Gasteiger partial charge >= 0.3 is 0 Å². The first kappa shape index (κ1) is 20.3. The molecule has 3 aromatic carbocycles. The van der Waals surface area contributed by atoms with E-state index in [0.29, 0.717) is 17.7 Å². The van der Waals surface area contributed by atoms with Crippen molar-refractivity contribution < 1.29 is 4.39 Å². The van der Waals surface area contributed by atoms with Gasteiger partial charge in [-0.15, -0.1) is 0 Å². The maximum absolute atomic E-state index is 13.3. The summed E-state index contributed by atoms with van der Waals surface area (Å²) < 4.78 is 13.3. The lowest BCUT2D eigenvalue weighted by Crippen LogP contribution is -2.01. The molecule has 0 aliphatic rings. The fourth-order valence-corrected chi connectivity index (χ4v) is 3.45. The molecule has 3 nitrogen and oxygen atoms in total. The van der Waals surface area contributed by atoms with Crippen molar-refractivity contribution in [2.75, 3.05) is 5.73 Å². The number of rotatable bonds is 7. The van der Waals surface area contributed by atoms with Crippen LogP contribution < -0.4 is 11.5 Å². The van der Waals surface area contributed by atoms with Gasteiger partial charge in [0.15, 0.2) is 0 Å². The molecular weight excluding hydrogens is 361 g/mol. The summed E-state index contributed by atoms with van der Waals surface area (Å²) in [7, 11) is 0. The van der Waals surface area contributed by atoms with Crippen LogP contribution in [-0.4, -0.2) is 5.97 Å². The molecular formula is C25H26FN3. The Bertz CT molecular complexity index is 1040. The van der Waals surface area contributed by atoms with E-state index in [9.17, 15) is 4.39 Å². The van der Waals surface area contributed by atoms with Crippen molar-refractivity contribution in [2.45, 2.75) is 26.2 Å². The minimum absolute atomic E-state index is 0.0387. The van der Waals surface area contributed by atoms with Crippen molar-refractivity contribution in [3.63, 3.8) is 0 Å². The second kappa shape index (κ2) is 9.20. The fraction of sp³-hybridized carbons (Fsp3) is 0.160. The van der Waals surface area contributed by atoms with Crippen LogP contribution in [0.3, 0.4) is 0 Å². The molecule has 0 aliphatic carbocycles. The quantitative estimate of drug-likeness (QED) is 0.358. The van der Waals surface area contributed by atoms with Gasteiger partial charge in [-0.25, -0.2) is 0 Å². The smallest absolute Gasteiger partial charge is 0.214 e. The van der Waals surface area contributed by atoms with Gasteiger partial charge in [0.05, 0.1) is 5.57 Å². The first-order valence-corrected chi connectivity index (χ1v) is 9.75. The summed E-state index contributed by atoms with van der Waals surface area (Å²) in [5.41, 5.74) is 18.5. The molecule has 0 heterocycles. The highest BCUT2D eigenvalue weighted by molar-refractivity contribution is 6.17. The van der Waals surface area contributed by atoms with Crippen LogP contribution in [0, 0.1) is 5.41 Å². The molecule has 0 saturated heterocycles. The first-order chi connectivity index (χ1) is 14.0. The van der Waals surface area contributed by atoms with Gasteiger partial charge in [0.1, 0.15) is 0 Å². The lowest BCUT2D eigenvalue weighted by atomic mass is 9.96. The van der Waals surface area contributed by atoms with Gasteiger partial charge < -0.3 is 11.5 Å². The summed E-state index contributed by atoms with van der Waals surface area (Å²) in [6.45, 7) is 2.18.